The van der Waals surface area contributed by atoms with E-state index >= 15 is 0 Å². The van der Waals surface area contributed by atoms with Gasteiger partial charge in [-0.15, -0.1) is 0 Å². The molecule has 0 aliphatic carbocycles. The summed E-state index contributed by atoms with van der Waals surface area (Å²) < 4.78 is 60.8. The Morgan fingerprint density at radius 3 is 1.10 bits per heavy atom. The molecular formula is H3F3FeNaO4S. The van der Waals surface area contributed by atoms with E-state index in [0.717, 1.165) is 0 Å². The van der Waals surface area contributed by atoms with E-state index in [1.54, 1.807) is 0 Å². The monoisotopic (exact) mass is 235 g/mol. The third-order valence-electron chi connectivity index (χ3n) is 0. The van der Waals surface area contributed by atoms with Crippen LogP contribution in [0, 0.1) is 0 Å². The molecule has 0 aromatic rings. The van der Waals surface area contributed by atoms with Crippen molar-refractivity contribution in [1.82, 2.24) is 0 Å². The van der Waals surface area contributed by atoms with E-state index in [2.05, 4.69) is 0 Å². The molecule has 0 amide bonds. The Morgan fingerprint density at radius 1 is 1.10 bits per heavy atom. The Hall–Kier alpha value is 1.18. The molecule has 0 saturated heterocycles. The zero-order valence-electron chi connectivity index (χ0n) is 3.61. The molecule has 0 fully saturated rings. The van der Waals surface area contributed by atoms with Gasteiger partial charge in [-0.2, -0.15) is 8.42 Å². The normalized spacial score (nSPS) is 10.3. The topological polar surface area (TPSA) is 74.6 Å². The maximum atomic E-state index is 9.75. The summed E-state index contributed by atoms with van der Waals surface area (Å²) in [7, 11) is -4.67. The van der Waals surface area contributed by atoms with Crippen molar-refractivity contribution in [2.24, 2.45) is 0 Å². The van der Waals surface area contributed by atoms with Crippen LogP contribution >= 0.6 is 0 Å². The molecule has 0 aliphatic rings. The van der Waals surface area contributed by atoms with Gasteiger partial charge in [-0.25, -0.2) is 0 Å². The van der Waals surface area contributed by atoms with Crippen molar-refractivity contribution < 1.29 is 43.4 Å². The van der Waals surface area contributed by atoms with Gasteiger partial charge in [0.2, 0.25) is 0 Å². The van der Waals surface area contributed by atoms with Gasteiger partial charge in [-0.1, -0.05) is 0 Å². The summed E-state index contributed by atoms with van der Waals surface area (Å²) in [6, 6.07) is 0. The van der Waals surface area contributed by atoms with E-state index in [-0.39, 0.29) is 29.6 Å². The predicted molar refractivity (Wildman–Crippen MR) is 24.7 cm³/mol. The van der Waals surface area contributed by atoms with Crippen molar-refractivity contribution in [1.29, 1.82) is 0 Å². The Labute approximate surface area is 82.9 Å². The molecule has 0 aliphatic heterocycles. The SMILES string of the molecule is O=S(=O)(O)O.[F][Fe]([F])[F].[NaH]. The van der Waals surface area contributed by atoms with Gasteiger partial charge >= 0.3 is 65.9 Å². The molecule has 2 N–H and O–H groups in total. The van der Waals surface area contributed by atoms with Crippen LogP contribution in [0.3, 0.4) is 0 Å². The molecule has 0 bridgehead atoms. The Kier molecular flexibility index (Phi) is 14.3. The van der Waals surface area contributed by atoms with Crippen molar-refractivity contribution in [2.45, 2.75) is 0 Å². The Balaban J connectivity index is -0.0000000910. The van der Waals surface area contributed by atoms with Crippen molar-refractivity contribution in [2.75, 3.05) is 0 Å². The first-order valence-corrected chi connectivity index (χ1v) is 3.75. The third kappa shape index (κ3) is 441. The minimum atomic E-state index is -4.67. The van der Waals surface area contributed by atoms with E-state index in [9.17, 15) is 10.7 Å². The maximum absolute atomic E-state index is 9.75. The van der Waals surface area contributed by atoms with E-state index < -0.39 is 25.7 Å². The number of hydrogen-bond acceptors (Lipinski definition) is 2. The first-order chi connectivity index (χ1) is 3.73. The zero-order valence-corrected chi connectivity index (χ0v) is 5.53. The van der Waals surface area contributed by atoms with E-state index in [1.807, 2.05) is 0 Å². The molecule has 0 saturated carbocycles. The second-order valence-electron chi connectivity index (χ2n) is 0.599. The summed E-state index contributed by atoms with van der Waals surface area (Å²) in [5.74, 6) is 0. The van der Waals surface area contributed by atoms with Crippen LogP contribution < -0.4 is 0 Å². The van der Waals surface area contributed by atoms with Crippen LogP contribution in [0.25, 0.3) is 0 Å². The van der Waals surface area contributed by atoms with Gasteiger partial charge in [0, 0.05) is 0 Å². The third-order valence-corrected chi connectivity index (χ3v) is 0. The molecule has 10 heteroatoms. The summed E-state index contributed by atoms with van der Waals surface area (Å²) in [6.07, 6.45) is 0. The summed E-state index contributed by atoms with van der Waals surface area (Å²) >= 11 is -4.25. The molecule has 0 rings (SSSR count). The first kappa shape index (κ1) is 17.3. The first-order valence-electron chi connectivity index (χ1n) is 1.10. The van der Waals surface area contributed by atoms with Crippen LogP contribution in [0.15, 0.2) is 0 Å². The van der Waals surface area contributed by atoms with Gasteiger partial charge < -0.3 is 0 Å². The second-order valence-corrected chi connectivity index (χ2v) is 1.97. The number of hydrogen-bond donors (Lipinski definition) is 2. The molecule has 0 heterocycles. The van der Waals surface area contributed by atoms with Crippen molar-refractivity contribution >= 4 is 40.0 Å². The van der Waals surface area contributed by atoms with Crippen molar-refractivity contribution in [3.63, 3.8) is 0 Å². The van der Waals surface area contributed by atoms with E-state index in [4.69, 9.17) is 17.5 Å². The van der Waals surface area contributed by atoms with Gasteiger partial charge in [0.25, 0.3) is 0 Å². The van der Waals surface area contributed by atoms with Crippen LogP contribution in [0.5, 0.6) is 0 Å². The van der Waals surface area contributed by atoms with Crippen LogP contribution in [0.4, 0.5) is 10.7 Å². The van der Waals surface area contributed by atoms with Gasteiger partial charge in [0.1, 0.15) is 0 Å². The quantitative estimate of drug-likeness (QED) is 0.456. The van der Waals surface area contributed by atoms with Gasteiger partial charge in [0.05, 0.1) is 0 Å². The summed E-state index contributed by atoms with van der Waals surface area (Å²) in [5.41, 5.74) is 0. The fourth-order valence-corrected chi connectivity index (χ4v) is 0. The average molecular weight is 235 g/mol. The van der Waals surface area contributed by atoms with Gasteiger partial charge in [-0.05, 0) is 0 Å². The summed E-state index contributed by atoms with van der Waals surface area (Å²) in [4.78, 5) is 0. The molecule has 0 unspecified atom stereocenters. The van der Waals surface area contributed by atoms with Crippen LogP contribution in [0.2, 0.25) is 0 Å². The van der Waals surface area contributed by atoms with E-state index in [0.29, 0.717) is 0 Å². The fraction of sp³-hybridized carbons (Fsp3) is 0. The Bertz CT molecular complexity index is 132. The molecule has 0 radical (unpaired) electrons. The van der Waals surface area contributed by atoms with Gasteiger partial charge in [0.15, 0.2) is 0 Å². The number of rotatable bonds is 0. The van der Waals surface area contributed by atoms with Gasteiger partial charge in [-0.3, -0.25) is 9.11 Å². The zero-order chi connectivity index (χ0) is 8.08. The molecule has 4 nitrogen and oxygen atoms in total. The molecule has 0 spiro atoms. The van der Waals surface area contributed by atoms with Crippen LogP contribution in [0.1, 0.15) is 0 Å². The standard InChI is InChI=1S/3FH.Fe.Na.H2O4S.H/c;;;;;1-5(2,3)4;/h3*1H;;;(H2,1,2,3,4);/q;;;+3;;;/p-3. The fourth-order valence-electron chi connectivity index (χ4n) is 0. The van der Waals surface area contributed by atoms with E-state index in [1.165, 1.54) is 0 Å². The van der Waals surface area contributed by atoms with Crippen LogP contribution in [-0.4, -0.2) is 47.1 Å². The van der Waals surface area contributed by atoms with Crippen LogP contribution in [-0.2, 0) is 25.7 Å². The summed E-state index contributed by atoms with van der Waals surface area (Å²) in [5, 5.41) is 0. The predicted octanol–water partition coefficient (Wildman–Crippen LogP) is -0.0432. The second kappa shape index (κ2) is 8.28. The molecule has 10 heavy (non-hydrogen) atoms. The minimum absolute atomic E-state index is 0. The van der Waals surface area contributed by atoms with Crippen molar-refractivity contribution in [3.8, 4) is 0 Å². The molecule has 63 valence electrons. The molecule has 0 aromatic carbocycles. The number of halogens is 3. The average Bonchev–Trinajstić information content (AvgIpc) is 1.19. The van der Waals surface area contributed by atoms with Crippen molar-refractivity contribution in [3.05, 3.63) is 0 Å². The Morgan fingerprint density at radius 2 is 1.10 bits per heavy atom. The molecule has 0 aromatic heterocycles. The molecular weight excluding hydrogens is 232 g/mol. The summed E-state index contributed by atoms with van der Waals surface area (Å²) in [6.45, 7) is 0. The molecule has 0 atom stereocenters.